The van der Waals surface area contributed by atoms with Gasteiger partial charge in [-0.15, -0.1) is 0 Å². The number of rotatable bonds is 5. The predicted molar refractivity (Wildman–Crippen MR) is 97.1 cm³/mol. The van der Waals surface area contributed by atoms with Crippen molar-refractivity contribution in [2.24, 2.45) is 23.2 Å². The zero-order chi connectivity index (χ0) is 18.4. The van der Waals surface area contributed by atoms with Gasteiger partial charge in [-0.05, 0) is 64.2 Å². The molecule has 0 heterocycles. The molecule has 1 N–H and O–H groups in total. The fourth-order valence-electron chi connectivity index (χ4n) is 4.47. The van der Waals surface area contributed by atoms with Crippen molar-refractivity contribution in [2.45, 2.75) is 97.9 Å². The van der Waals surface area contributed by atoms with Gasteiger partial charge in [-0.2, -0.15) is 0 Å². The van der Waals surface area contributed by atoms with E-state index in [9.17, 15) is 5.11 Å². The van der Waals surface area contributed by atoms with Crippen LogP contribution in [0.1, 0.15) is 81.1 Å². The number of hydrogen-bond donors (Lipinski definition) is 1. The molecule has 0 aliphatic heterocycles. The highest BCUT2D eigenvalue weighted by Gasteiger charge is 2.61. The Hall–Kier alpha value is -0.560. The molecule has 138 valence electrons. The standard InChI is InChI=1S/C21H36O3/c1-9-10-18(3,4)23-24-19(5,6)11-12-21(22)14-16-13-17(21)15(2)20(16,7)8/h15-17,22H,9-10,13-14H2,1-8H3/t15-,16-,17+,21-/m1/s1. The summed E-state index contributed by atoms with van der Waals surface area (Å²) in [4.78, 5) is 11.2. The molecule has 0 spiro atoms. The van der Waals surface area contributed by atoms with Gasteiger partial charge < -0.3 is 5.11 Å². The van der Waals surface area contributed by atoms with Crippen LogP contribution >= 0.6 is 0 Å². The Morgan fingerprint density at radius 2 is 1.79 bits per heavy atom. The average molecular weight is 337 g/mol. The number of aliphatic hydroxyl groups is 1. The molecule has 0 amide bonds. The summed E-state index contributed by atoms with van der Waals surface area (Å²) < 4.78 is 0. The molecule has 0 radical (unpaired) electrons. The number of hydrogen-bond acceptors (Lipinski definition) is 3. The first-order valence-corrected chi connectivity index (χ1v) is 9.46. The third kappa shape index (κ3) is 3.82. The molecule has 0 saturated heterocycles. The molecule has 3 heteroatoms. The molecule has 2 rings (SSSR count). The van der Waals surface area contributed by atoms with Crippen LogP contribution in [0.5, 0.6) is 0 Å². The van der Waals surface area contributed by atoms with Crippen molar-refractivity contribution >= 4 is 0 Å². The highest BCUT2D eigenvalue weighted by Crippen LogP contribution is 2.62. The maximum absolute atomic E-state index is 11.1. The van der Waals surface area contributed by atoms with Gasteiger partial charge in [-0.25, -0.2) is 9.78 Å². The summed E-state index contributed by atoms with van der Waals surface area (Å²) in [5, 5.41) is 11.1. The van der Waals surface area contributed by atoms with Crippen molar-refractivity contribution in [3.05, 3.63) is 0 Å². The largest absolute Gasteiger partial charge is 0.377 e. The van der Waals surface area contributed by atoms with Crippen LogP contribution in [0.3, 0.4) is 0 Å². The molecule has 0 aromatic rings. The molecule has 2 fully saturated rings. The van der Waals surface area contributed by atoms with E-state index in [2.05, 4.69) is 39.5 Å². The van der Waals surface area contributed by atoms with Crippen LogP contribution < -0.4 is 0 Å². The van der Waals surface area contributed by atoms with Crippen LogP contribution in [0, 0.1) is 35.0 Å². The molecule has 2 saturated carbocycles. The van der Waals surface area contributed by atoms with E-state index in [1.54, 1.807) is 0 Å². The van der Waals surface area contributed by atoms with Crippen molar-refractivity contribution in [2.75, 3.05) is 0 Å². The summed E-state index contributed by atoms with van der Waals surface area (Å²) in [7, 11) is 0. The van der Waals surface area contributed by atoms with Crippen LogP contribution in [0.25, 0.3) is 0 Å². The van der Waals surface area contributed by atoms with Gasteiger partial charge in [0.2, 0.25) is 0 Å². The maximum atomic E-state index is 11.1. The normalized spacial score (nSPS) is 35.0. The first-order valence-electron chi connectivity index (χ1n) is 9.46. The van der Waals surface area contributed by atoms with Gasteiger partial charge in [0.15, 0.2) is 5.60 Å². The fourth-order valence-corrected chi connectivity index (χ4v) is 4.47. The Morgan fingerprint density at radius 1 is 1.17 bits per heavy atom. The Labute approximate surface area is 148 Å². The van der Waals surface area contributed by atoms with Crippen LogP contribution in [-0.4, -0.2) is 21.9 Å². The Morgan fingerprint density at radius 3 is 2.29 bits per heavy atom. The van der Waals surface area contributed by atoms with E-state index in [0.717, 1.165) is 25.7 Å². The number of fused-ring (bicyclic) bond motifs is 2. The third-order valence-electron chi connectivity index (χ3n) is 6.45. The first-order chi connectivity index (χ1) is 10.8. The minimum Gasteiger partial charge on any atom is -0.377 e. The molecule has 2 aliphatic carbocycles. The SMILES string of the molecule is CCCC(C)(C)OOC(C)(C)C#C[C@@]1(O)C[C@H]2C[C@H]1[C@@H](C)C2(C)C. The fraction of sp³-hybridized carbons (Fsp3) is 0.905. The van der Waals surface area contributed by atoms with E-state index < -0.39 is 11.2 Å². The van der Waals surface area contributed by atoms with Gasteiger partial charge in [0.05, 0.1) is 5.60 Å². The molecule has 0 unspecified atom stereocenters. The van der Waals surface area contributed by atoms with Crippen LogP contribution in [0.2, 0.25) is 0 Å². The zero-order valence-electron chi connectivity index (χ0n) is 16.8. The quantitative estimate of drug-likeness (QED) is 0.448. The van der Waals surface area contributed by atoms with Gasteiger partial charge >= 0.3 is 0 Å². The van der Waals surface area contributed by atoms with Gasteiger partial charge in [-0.3, -0.25) is 0 Å². The summed E-state index contributed by atoms with van der Waals surface area (Å²) in [6.07, 6.45) is 3.83. The van der Waals surface area contributed by atoms with E-state index in [1.165, 1.54) is 0 Å². The highest BCUT2D eigenvalue weighted by molar-refractivity contribution is 5.27. The highest BCUT2D eigenvalue weighted by atomic mass is 17.2. The van der Waals surface area contributed by atoms with Crippen molar-refractivity contribution in [3.8, 4) is 11.8 Å². The molecular weight excluding hydrogens is 300 g/mol. The lowest BCUT2D eigenvalue weighted by molar-refractivity contribution is -0.389. The Balaban J connectivity index is 2.04. The third-order valence-corrected chi connectivity index (χ3v) is 6.45. The Bertz CT molecular complexity index is 519. The molecular formula is C21H36O3. The van der Waals surface area contributed by atoms with Gasteiger partial charge in [0, 0.05) is 5.92 Å². The lowest BCUT2D eigenvalue weighted by atomic mass is 9.64. The second-order valence-electron chi connectivity index (χ2n) is 9.71. The van der Waals surface area contributed by atoms with Crippen molar-refractivity contribution in [1.29, 1.82) is 0 Å². The van der Waals surface area contributed by atoms with Crippen molar-refractivity contribution < 1.29 is 14.9 Å². The summed E-state index contributed by atoms with van der Waals surface area (Å²) in [6, 6.07) is 0. The lowest BCUT2D eigenvalue weighted by Crippen LogP contribution is -2.44. The summed E-state index contributed by atoms with van der Waals surface area (Å²) in [5.74, 6) is 7.61. The van der Waals surface area contributed by atoms with Crippen LogP contribution in [0.4, 0.5) is 0 Å². The molecule has 4 atom stereocenters. The molecule has 0 aromatic carbocycles. The summed E-state index contributed by atoms with van der Waals surface area (Å²) in [5.41, 5.74) is -1.63. The first kappa shape index (κ1) is 19.8. The van der Waals surface area contributed by atoms with E-state index >= 15 is 0 Å². The van der Waals surface area contributed by atoms with Gasteiger partial charge in [0.25, 0.3) is 0 Å². The van der Waals surface area contributed by atoms with E-state index in [1.807, 2.05) is 27.7 Å². The van der Waals surface area contributed by atoms with E-state index in [4.69, 9.17) is 9.78 Å². The van der Waals surface area contributed by atoms with Crippen molar-refractivity contribution in [3.63, 3.8) is 0 Å². The lowest BCUT2D eigenvalue weighted by Gasteiger charge is -2.42. The molecule has 2 aliphatic rings. The molecule has 24 heavy (non-hydrogen) atoms. The zero-order valence-corrected chi connectivity index (χ0v) is 16.8. The molecule has 3 nitrogen and oxygen atoms in total. The minimum absolute atomic E-state index is 0.262. The smallest absolute Gasteiger partial charge is 0.158 e. The van der Waals surface area contributed by atoms with Crippen LogP contribution in [0.15, 0.2) is 0 Å². The molecule has 2 bridgehead atoms. The monoisotopic (exact) mass is 336 g/mol. The average Bonchev–Trinajstić information content (AvgIpc) is 2.91. The van der Waals surface area contributed by atoms with Crippen molar-refractivity contribution in [1.82, 2.24) is 0 Å². The second-order valence-corrected chi connectivity index (χ2v) is 9.71. The molecule has 0 aromatic heterocycles. The minimum atomic E-state index is -0.876. The van der Waals surface area contributed by atoms with E-state index in [0.29, 0.717) is 17.3 Å². The van der Waals surface area contributed by atoms with Gasteiger partial charge in [-0.1, -0.05) is 46.0 Å². The summed E-state index contributed by atoms with van der Waals surface area (Å²) >= 11 is 0. The van der Waals surface area contributed by atoms with E-state index in [-0.39, 0.29) is 11.5 Å². The van der Waals surface area contributed by atoms with Crippen LogP contribution in [-0.2, 0) is 9.78 Å². The second kappa shape index (κ2) is 6.31. The summed E-state index contributed by atoms with van der Waals surface area (Å²) in [6.45, 7) is 16.9. The van der Waals surface area contributed by atoms with Gasteiger partial charge in [0.1, 0.15) is 5.60 Å². The maximum Gasteiger partial charge on any atom is 0.158 e. The topological polar surface area (TPSA) is 38.7 Å². The Kier molecular flexibility index (Phi) is 5.19. The predicted octanol–water partition coefficient (Wildman–Crippen LogP) is 4.73.